The molecule has 0 aliphatic rings. The van der Waals surface area contributed by atoms with E-state index in [1.807, 2.05) is 0 Å². The van der Waals surface area contributed by atoms with Crippen molar-refractivity contribution in [2.24, 2.45) is 0 Å². The van der Waals surface area contributed by atoms with Crippen LogP contribution < -0.4 is 5.32 Å². The molecule has 110 valence electrons. The van der Waals surface area contributed by atoms with Gasteiger partial charge < -0.3 is 10.1 Å². The van der Waals surface area contributed by atoms with Gasteiger partial charge in [0.2, 0.25) is 0 Å². The highest BCUT2D eigenvalue weighted by atomic mass is 35.5. The lowest BCUT2D eigenvalue weighted by atomic mass is 10.1. The van der Waals surface area contributed by atoms with Gasteiger partial charge in [-0.3, -0.25) is 0 Å². The van der Waals surface area contributed by atoms with Crippen molar-refractivity contribution in [3.8, 4) is 0 Å². The number of nitrogens with zero attached hydrogens (tertiary/aromatic N) is 2. The number of esters is 1. The monoisotopic (exact) mass is 325 g/mol. The lowest BCUT2D eigenvalue weighted by Crippen LogP contribution is -2.10. The minimum Gasteiger partial charge on any atom is -0.464 e. The second-order valence-electron chi connectivity index (χ2n) is 4.17. The molecule has 1 aromatic heterocycles. The molecule has 0 aliphatic heterocycles. The summed E-state index contributed by atoms with van der Waals surface area (Å²) in [7, 11) is 1.30. The average Bonchev–Trinajstić information content (AvgIpc) is 2.50. The highest BCUT2D eigenvalue weighted by Crippen LogP contribution is 2.24. The highest BCUT2D eigenvalue weighted by molar-refractivity contribution is 6.35. The van der Waals surface area contributed by atoms with Crippen LogP contribution in [0, 0.1) is 0 Å². The van der Waals surface area contributed by atoms with Gasteiger partial charge in [0.05, 0.1) is 7.11 Å². The maximum Gasteiger partial charge on any atom is 0.358 e. The Balaban J connectivity index is 1.93. The third kappa shape index (κ3) is 4.06. The summed E-state index contributed by atoms with van der Waals surface area (Å²) in [6.07, 6.45) is 0.652. The lowest BCUT2D eigenvalue weighted by molar-refractivity contribution is 0.0593. The van der Waals surface area contributed by atoms with Gasteiger partial charge in [-0.2, -0.15) is 0 Å². The van der Waals surface area contributed by atoms with Gasteiger partial charge in [-0.1, -0.05) is 29.3 Å². The quantitative estimate of drug-likeness (QED) is 0.855. The van der Waals surface area contributed by atoms with Crippen LogP contribution in [0.3, 0.4) is 0 Å². The molecule has 0 aliphatic carbocycles. The molecule has 0 spiro atoms. The number of anilines is 1. The maximum atomic E-state index is 11.2. The summed E-state index contributed by atoms with van der Waals surface area (Å²) >= 11 is 12.2. The Kier molecular flexibility index (Phi) is 5.36. The number of carbonyl (C=O) groups is 1. The molecule has 0 atom stereocenters. The molecule has 2 aromatic rings. The summed E-state index contributed by atoms with van der Waals surface area (Å²) in [6.45, 7) is 0.593. The van der Waals surface area contributed by atoms with E-state index < -0.39 is 5.97 Å². The fourth-order valence-corrected chi connectivity index (χ4v) is 2.31. The Hall–Kier alpha value is -1.85. The minimum absolute atomic E-state index is 0.164. The van der Waals surface area contributed by atoms with Crippen molar-refractivity contribution < 1.29 is 9.53 Å². The van der Waals surface area contributed by atoms with E-state index in [9.17, 15) is 4.79 Å². The molecule has 0 radical (unpaired) electrons. The van der Waals surface area contributed by atoms with Gasteiger partial charge in [-0.15, -0.1) is 10.2 Å². The normalized spacial score (nSPS) is 10.2. The summed E-state index contributed by atoms with van der Waals surface area (Å²) in [5.74, 6) is 0.0442. The molecule has 5 nitrogen and oxygen atoms in total. The molecule has 0 saturated heterocycles. The fourth-order valence-electron chi connectivity index (χ4n) is 1.73. The Morgan fingerprint density at radius 1 is 1.19 bits per heavy atom. The highest BCUT2D eigenvalue weighted by Gasteiger charge is 2.08. The first kappa shape index (κ1) is 15.5. The van der Waals surface area contributed by atoms with E-state index in [0.29, 0.717) is 28.8 Å². The van der Waals surface area contributed by atoms with Crippen molar-refractivity contribution in [3.63, 3.8) is 0 Å². The summed E-state index contributed by atoms with van der Waals surface area (Å²) in [4.78, 5) is 11.2. The topological polar surface area (TPSA) is 64.1 Å². The molecule has 2 rings (SSSR count). The van der Waals surface area contributed by atoms with Crippen LogP contribution in [0.2, 0.25) is 10.0 Å². The zero-order valence-corrected chi connectivity index (χ0v) is 12.8. The lowest BCUT2D eigenvalue weighted by Gasteiger charge is -2.08. The zero-order valence-electron chi connectivity index (χ0n) is 11.3. The van der Waals surface area contributed by atoms with E-state index in [4.69, 9.17) is 23.2 Å². The zero-order chi connectivity index (χ0) is 15.2. The number of hydrogen-bond acceptors (Lipinski definition) is 5. The Bertz CT molecular complexity index is 612. The number of halogens is 2. The first-order valence-corrected chi connectivity index (χ1v) is 6.96. The molecular weight excluding hydrogens is 313 g/mol. The molecule has 0 unspecified atom stereocenters. The number of benzene rings is 1. The minimum atomic E-state index is -0.517. The van der Waals surface area contributed by atoms with Crippen molar-refractivity contribution in [1.29, 1.82) is 0 Å². The van der Waals surface area contributed by atoms with E-state index in [1.165, 1.54) is 7.11 Å². The Labute approximate surface area is 132 Å². The molecule has 0 saturated carbocycles. The molecule has 0 amide bonds. The van der Waals surface area contributed by atoms with Crippen molar-refractivity contribution in [3.05, 3.63) is 51.6 Å². The van der Waals surface area contributed by atoms with Crippen LogP contribution in [0.1, 0.15) is 16.1 Å². The van der Waals surface area contributed by atoms with Crippen LogP contribution in [0.5, 0.6) is 0 Å². The van der Waals surface area contributed by atoms with Gasteiger partial charge in [0.15, 0.2) is 5.69 Å². The number of hydrogen-bond donors (Lipinski definition) is 1. The van der Waals surface area contributed by atoms with Crippen molar-refractivity contribution >= 4 is 35.0 Å². The van der Waals surface area contributed by atoms with E-state index in [0.717, 1.165) is 5.56 Å². The van der Waals surface area contributed by atoms with E-state index >= 15 is 0 Å². The van der Waals surface area contributed by atoms with Crippen LogP contribution in [0.15, 0.2) is 30.3 Å². The summed E-state index contributed by atoms with van der Waals surface area (Å²) < 4.78 is 4.55. The number of nitrogens with one attached hydrogen (secondary N) is 1. The molecule has 1 aromatic carbocycles. The van der Waals surface area contributed by atoms with Crippen LogP contribution in [-0.2, 0) is 11.2 Å². The summed E-state index contributed by atoms with van der Waals surface area (Å²) in [5.41, 5.74) is 1.05. The molecule has 0 bridgehead atoms. The summed E-state index contributed by atoms with van der Waals surface area (Å²) in [6, 6.07) is 8.61. The predicted molar refractivity (Wildman–Crippen MR) is 82.0 cm³/mol. The largest absolute Gasteiger partial charge is 0.464 e. The fraction of sp³-hybridized carbons (Fsp3) is 0.214. The van der Waals surface area contributed by atoms with Gasteiger partial charge in [-0.05, 0) is 36.2 Å². The average molecular weight is 326 g/mol. The SMILES string of the molecule is COC(=O)c1ccc(NCCc2c(Cl)cccc2Cl)nn1. The number of rotatable bonds is 5. The molecule has 1 heterocycles. The molecule has 1 N–H and O–H groups in total. The molecular formula is C14H13Cl2N3O2. The maximum absolute atomic E-state index is 11.2. The van der Waals surface area contributed by atoms with Gasteiger partial charge in [0.25, 0.3) is 0 Å². The number of carbonyl (C=O) groups excluding carboxylic acids is 1. The van der Waals surface area contributed by atoms with Crippen molar-refractivity contribution in [2.45, 2.75) is 6.42 Å². The number of methoxy groups -OCH3 is 1. The third-order valence-corrected chi connectivity index (χ3v) is 3.51. The van der Waals surface area contributed by atoms with E-state index in [-0.39, 0.29) is 5.69 Å². The first-order chi connectivity index (χ1) is 10.1. The molecule has 0 fully saturated rings. The second kappa shape index (κ2) is 7.24. The van der Waals surface area contributed by atoms with Gasteiger partial charge in [-0.25, -0.2) is 4.79 Å². The van der Waals surface area contributed by atoms with Crippen LogP contribution in [0.4, 0.5) is 5.82 Å². The predicted octanol–water partition coefficient (Wildman–Crippen LogP) is 3.22. The molecule has 21 heavy (non-hydrogen) atoms. The number of aromatic nitrogens is 2. The number of ether oxygens (including phenoxy) is 1. The van der Waals surface area contributed by atoms with Gasteiger partial charge in [0, 0.05) is 16.6 Å². The second-order valence-corrected chi connectivity index (χ2v) is 4.99. The third-order valence-electron chi connectivity index (χ3n) is 2.80. The van der Waals surface area contributed by atoms with Crippen molar-refractivity contribution in [1.82, 2.24) is 10.2 Å². The Morgan fingerprint density at radius 2 is 1.90 bits per heavy atom. The summed E-state index contributed by atoms with van der Waals surface area (Å²) in [5, 5.41) is 12.0. The van der Waals surface area contributed by atoms with Gasteiger partial charge in [0.1, 0.15) is 5.82 Å². The van der Waals surface area contributed by atoms with E-state index in [1.54, 1.807) is 30.3 Å². The van der Waals surface area contributed by atoms with Crippen molar-refractivity contribution in [2.75, 3.05) is 19.0 Å². The van der Waals surface area contributed by atoms with E-state index in [2.05, 4.69) is 20.3 Å². The van der Waals surface area contributed by atoms with Crippen LogP contribution in [-0.4, -0.2) is 29.8 Å². The van der Waals surface area contributed by atoms with Crippen LogP contribution in [0.25, 0.3) is 0 Å². The Morgan fingerprint density at radius 3 is 2.48 bits per heavy atom. The standard InChI is InChI=1S/C14H13Cl2N3O2/c1-21-14(20)12-5-6-13(19-18-12)17-8-7-9-10(15)3-2-4-11(9)16/h2-6H,7-8H2,1H3,(H,17,19). The van der Waals surface area contributed by atoms with Gasteiger partial charge >= 0.3 is 5.97 Å². The molecule has 7 heteroatoms. The first-order valence-electron chi connectivity index (χ1n) is 6.20. The van der Waals surface area contributed by atoms with Crippen LogP contribution >= 0.6 is 23.2 Å². The smallest absolute Gasteiger partial charge is 0.358 e.